The summed E-state index contributed by atoms with van der Waals surface area (Å²) in [7, 11) is 1.58. The van der Waals surface area contributed by atoms with Gasteiger partial charge in [0, 0.05) is 19.6 Å². The van der Waals surface area contributed by atoms with Gasteiger partial charge in [-0.25, -0.2) is 4.79 Å². The molecule has 1 aliphatic heterocycles. The highest BCUT2D eigenvalue weighted by Gasteiger charge is 2.31. The van der Waals surface area contributed by atoms with E-state index in [4.69, 9.17) is 9.84 Å². The molecule has 1 aliphatic rings. The van der Waals surface area contributed by atoms with Crippen LogP contribution in [-0.4, -0.2) is 54.7 Å². The molecule has 1 heterocycles. The first-order valence-electron chi connectivity index (χ1n) is 6.47. The maximum atomic E-state index is 12.2. The van der Waals surface area contributed by atoms with Gasteiger partial charge in [-0.05, 0) is 17.7 Å². The summed E-state index contributed by atoms with van der Waals surface area (Å²) >= 11 is 0. The quantitative estimate of drug-likeness (QED) is 0.818. The van der Waals surface area contributed by atoms with Crippen LogP contribution in [0.4, 0.5) is 0 Å². The minimum atomic E-state index is -0.972. The summed E-state index contributed by atoms with van der Waals surface area (Å²) in [5, 5.41) is 12.1. The fourth-order valence-corrected chi connectivity index (χ4v) is 2.24. The van der Waals surface area contributed by atoms with E-state index in [0.29, 0.717) is 19.6 Å². The maximum Gasteiger partial charge on any atom is 0.327 e. The van der Waals surface area contributed by atoms with Crippen LogP contribution >= 0.6 is 0 Å². The number of methoxy groups -OCH3 is 1. The normalized spacial score (nSPS) is 18.6. The minimum absolute atomic E-state index is 0.163. The Morgan fingerprint density at radius 3 is 2.70 bits per heavy atom. The highest BCUT2D eigenvalue weighted by molar-refractivity contribution is 5.85. The summed E-state index contributed by atoms with van der Waals surface area (Å²) in [5.41, 5.74) is 0.846. The lowest BCUT2D eigenvalue weighted by atomic mass is 10.1. The van der Waals surface area contributed by atoms with Gasteiger partial charge >= 0.3 is 5.97 Å². The molecule has 6 heteroatoms. The number of aliphatic carboxylic acids is 1. The standard InChI is InChI=1S/C14H18N2O4/c1-20-11-4-2-10(3-5-11)8-13(17)16-7-6-15-9-12(16)14(18)19/h2-5,12,15H,6-9H2,1H3,(H,18,19). The Morgan fingerprint density at radius 2 is 2.10 bits per heavy atom. The van der Waals surface area contributed by atoms with E-state index in [9.17, 15) is 9.59 Å². The molecule has 1 atom stereocenters. The molecule has 0 bridgehead atoms. The molecule has 2 N–H and O–H groups in total. The van der Waals surface area contributed by atoms with Crippen molar-refractivity contribution in [1.82, 2.24) is 10.2 Å². The highest BCUT2D eigenvalue weighted by atomic mass is 16.5. The SMILES string of the molecule is COc1ccc(CC(=O)N2CCNCC2C(=O)O)cc1. The number of carbonyl (C=O) groups is 2. The molecule has 1 aromatic carbocycles. The number of amides is 1. The van der Waals surface area contributed by atoms with Crippen molar-refractivity contribution in [2.75, 3.05) is 26.7 Å². The van der Waals surface area contributed by atoms with Crippen molar-refractivity contribution in [1.29, 1.82) is 0 Å². The predicted molar refractivity (Wildman–Crippen MR) is 72.7 cm³/mol. The van der Waals surface area contributed by atoms with Crippen molar-refractivity contribution >= 4 is 11.9 Å². The van der Waals surface area contributed by atoms with Crippen LogP contribution in [0.15, 0.2) is 24.3 Å². The van der Waals surface area contributed by atoms with Crippen LogP contribution in [0.3, 0.4) is 0 Å². The van der Waals surface area contributed by atoms with Gasteiger partial charge in [0.1, 0.15) is 11.8 Å². The number of nitrogens with one attached hydrogen (secondary N) is 1. The summed E-state index contributed by atoms with van der Waals surface area (Å²) in [6.45, 7) is 1.34. The lowest BCUT2D eigenvalue weighted by Crippen LogP contribution is -2.57. The van der Waals surface area contributed by atoms with Gasteiger partial charge < -0.3 is 20.1 Å². The fraction of sp³-hybridized carbons (Fsp3) is 0.429. The summed E-state index contributed by atoms with van der Waals surface area (Å²) in [6, 6.07) is 6.42. The zero-order valence-corrected chi connectivity index (χ0v) is 11.3. The number of carbonyl (C=O) groups excluding carboxylic acids is 1. The summed E-state index contributed by atoms with van der Waals surface area (Å²) in [6.07, 6.45) is 0.202. The number of rotatable bonds is 4. The number of piperazine rings is 1. The molecule has 0 spiro atoms. The van der Waals surface area contributed by atoms with E-state index in [1.807, 2.05) is 12.1 Å². The number of benzene rings is 1. The van der Waals surface area contributed by atoms with E-state index in [0.717, 1.165) is 11.3 Å². The average molecular weight is 278 g/mol. The van der Waals surface area contributed by atoms with Crippen LogP contribution < -0.4 is 10.1 Å². The highest BCUT2D eigenvalue weighted by Crippen LogP contribution is 2.13. The Kier molecular flexibility index (Phi) is 4.57. The molecule has 1 saturated heterocycles. The van der Waals surface area contributed by atoms with Crippen LogP contribution in [-0.2, 0) is 16.0 Å². The first kappa shape index (κ1) is 14.3. The summed E-state index contributed by atoms with van der Waals surface area (Å²) in [4.78, 5) is 24.8. The Balaban J connectivity index is 2.03. The van der Waals surface area contributed by atoms with Gasteiger partial charge in [-0.2, -0.15) is 0 Å². The predicted octanol–water partition coefficient (Wildman–Crippen LogP) is 0.123. The van der Waals surface area contributed by atoms with E-state index < -0.39 is 12.0 Å². The topological polar surface area (TPSA) is 78.9 Å². The monoisotopic (exact) mass is 278 g/mol. The molecule has 2 rings (SSSR count). The molecule has 1 unspecified atom stereocenters. The summed E-state index contributed by atoms with van der Waals surface area (Å²) < 4.78 is 5.06. The Morgan fingerprint density at radius 1 is 1.40 bits per heavy atom. The Bertz CT molecular complexity index is 486. The van der Waals surface area contributed by atoms with Crippen molar-refractivity contribution in [3.05, 3.63) is 29.8 Å². The second-order valence-electron chi connectivity index (χ2n) is 4.67. The maximum absolute atomic E-state index is 12.2. The van der Waals surface area contributed by atoms with Crippen molar-refractivity contribution < 1.29 is 19.4 Å². The molecule has 1 fully saturated rings. The molecule has 6 nitrogen and oxygen atoms in total. The van der Waals surface area contributed by atoms with Crippen LogP contribution in [0.1, 0.15) is 5.56 Å². The van der Waals surface area contributed by atoms with E-state index in [1.165, 1.54) is 4.90 Å². The van der Waals surface area contributed by atoms with E-state index in [-0.39, 0.29) is 12.3 Å². The van der Waals surface area contributed by atoms with Gasteiger partial charge in [0.05, 0.1) is 13.5 Å². The van der Waals surface area contributed by atoms with Gasteiger partial charge in [-0.3, -0.25) is 4.79 Å². The lowest BCUT2D eigenvalue weighted by Gasteiger charge is -2.33. The smallest absolute Gasteiger partial charge is 0.327 e. The first-order chi connectivity index (χ1) is 9.61. The summed E-state index contributed by atoms with van der Waals surface area (Å²) in [5.74, 6) is -0.406. The first-order valence-corrected chi connectivity index (χ1v) is 6.47. The van der Waals surface area contributed by atoms with Crippen molar-refractivity contribution in [3.63, 3.8) is 0 Å². The molecule has 1 aromatic rings. The van der Waals surface area contributed by atoms with Gasteiger partial charge in [0.15, 0.2) is 0 Å². The number of carboxylic acids is 1. The molecule has 0 saturated carbocycles. The number of hydrogen-bond acceptors (Lipinski definition) is 4. The average Bonchev–Trinajstić information content (AvgIpc) is 2.48. The number of hydrogen-bond donors (Lipinski definition) is 2. The Labute approximate surface area is 117 Å². The van der Waals surface area contributed by atoms with Crippen LogP contribution in [0.5, 0.6) is 5.75 Å². The number of nitrogens with zero attached hydrogens (tertiary/aromatic N) is 1. The minimum Gasteiger partial charge on any atom is -0.497 e. The van der Waals surface area contributed by atoms with Gasteiger partial charge in [0.2, 0.25) is 5.91 Å². The molecule has 0 radical (unpaired) electrons. The second kappa shape index (κ2) is 6.38. The molecular weight excluding hydrogens is 260 g/mol. The van der Waals surface area contributed by atoms with Crippen LogP contribution in [0.2, 0.25) is 0 Å². The molecule has 108 valence electrons. The number of carboxylic acid groups (broad SMARTS) is 1. The lowest BCUT2D eigenvalue weighted by molar-refractivity contribution is -0.150. The van der Waals surface area contributed by atoms with E-state index >= 15 is 0 Å². The van der Waals surface area contributed by atoms with Gasteiger partial charge in [-0.15, -0.1) is 0 Å². The van der Waals surface area contributed by atoms with Crippen LogP contribution in [0, 0.1) is 0 Å². The zero-order chi connectivity index (χ0) is 14.5. The third-order valence-corrected chi connectivity index (χ3v) is 3.36. The number of ether oxygens (including phenoxy) is 1. The van der Waals surface area contributed by atoms with Crippen molar-refractivity contribution in [3.8, 4) is 5.75 Å². The van der Waals surface area contributed by atoms with Gasteiger partial charge in [0.25, 0.3) is 0 Å². The van der Waals surface area contributed by atoms with E-state index in [1.54, 1.807) is 19.2 Å². The van der Waals surface area contributed by atoms with E-state index in [2.05, 4.69) is 5.32 Å². The largest absolute Gasteiger partial charge is 0.497 e. The van der Waals surface area contributed by atoms with Crippen LogP contribution in [0.25, 0.3) is 0 Å². The Hall–Kier alpha value is -2.08. The second-order valence-corrected chi connectivity index (χ2v) is 4.67. The van der Waals surface area contributed by atoms with Crippen molar-refractivity contribution in [2.24, 2.45) is 0 Å². The molecular formula is C14H18N2O4. The third-order valence-electron chi connectivity index (χ3n) is 3.36. The molecule has 0 aromatic heterocycles. The molecule has 0 aliphatic carbocycles. The molecule has 1 amide bonds. The zero-order valence-electron chi connectivity index (χ0n) is 11.3. The molecule has 20 heavy (non-hydrogen) atoms. The third kappa shape index (κ3) is 3.27. The van der Waals surface area contributed by atoms with Gasteiger partial charge in [-0.1, -0.05) is 12.1 Å². The van der Waals surface area contributed by atoms with Crippen molar-refractivity contribution in [2.45, 2.75) is 12.5 Å². The fourth-order valence-electron chi connectivity index (χ4n) is 2.24.